The first-order valence-corrected chi connectivity index (χ1v) is 7.43. The Kier molecular flexibility index (Phi) is 7.32. The smallest absolute Gasteiger partial charge is 0.101 e. The van der Waals surface area contributed by atoms with E-state index in [1.165, 1.54) is 5.56 Å². The van der Waals surface area contributed by atoms with Crippen molar-refractivity contribution in [2.45, 2.75) is 44.0 Å². The van der Waals surface area contributed by atoms with Gasteiger partial charge in [0.25, 0.3) is 0 Å². The number of rotatable bonds is 8. The second-order valence-corrected chi connectivity index (χ2v) is 6.36. The monoisotopic (exact) mass is 268 g/mol. The fourth-order valence-electron chi connectivity index (χ4n) is 1.59. The molecule has 1 aromatic heterocycles. The summed E-state index contributed by atoms with van der Waals surface area (Å²) in [7, 11) is 0. The van der Waals surface area contributed by atoms with Crippen LogP contribution in [0.5, 0.6) is 0 Å². The standard InChI is InChI=1S/C14H24N2OS/c1-11(2)9-15-10-13-5-4-7-16-14(13)18-12(3)6-8-17/h4-5,7,11-12,15,17H,6,8-10H2,1-3H3. The third-order valence-electron chi connectivity index (χ3n) is 2.57. The van der Waals surface area contributed by atoms with Crippen molar-refractivity contribution in [3.05, 3.63) is 23.9 Å². The number of nitrogens with one attached hydrogen (secondary N) is 1. The van der Waals surface area contributed by atoms with Crippen molar-refractivity contribution < 1.29 is 5.11 Å². The van der Waals surface area contributed by atoms with E-state index in [-0.39, 0.29) is 6.61 Å². The van der Waals surface area contributed by atoms with Gasteiger partial charge in [-0.2, -0.15) is 0 Å². The predicted molar refractivity (Wildman–Crippen MR) is 77.8 cm³/mol. The van der Waals surface area contributed by atoms with Gasteiger partial charge in [-0.05, 0) is 30.5 Å². The van der Waals surface area contributed by atoms with Gasteiger partial charge >= 0.3 is 0 Å². The molecule has 2 N–H and O–H groups in total. The average molecular weight is 268 g/mol. The van der Waals surface area contributed by atoms with Crippen LogP contribution in [0.1, 0.15) is 32.8 Å². The molecule has 3 nitrogen and oxygen atoms in total. The Hall–Kier alpha value is -0.580. The zero-order valence-electron chi connectivity index (χ0n) is 11.5. The van der Waals surface area contributed by atoms with E-state index < -0.39 is 0 Å². The SMILES string of the molecule is CC(C)CNCc1cccnc1SC(C)CCO. The summed E-state index contributed by atoms with van der Waals surface area (Å²) in [6.45, 7) is 8.65. The van der Waals surface area contributed by atoms with Gasteiger partial charge in [0.05, 0.1) is 0 Å². The summed E-state index contributed by atoms with van der Waals surface area (Å²) < 4.78 is 0. The minimum absolute atomic E-state index is 0.238. The van der Waals surface area contributed by atoms with Gasteiger partial charge in [-0.15, -0.1) is 11.8 Å². The van der Waals surface area contributed by atoms with Gasteiger partial charge in [-0.3, -0.25) is 0 Å². The van der Waals surface area contributed by atoms with Gasteiger partial charge in [0.15, 0.2) is 0 Å². The number of hydrogen-bond donors (Lipinski definition) is 2. The molecule has 1 heterocycles. The molecule has 0 aliphatic carbocycles. The number of aromatic nitrogens is 1. The van der Waals surface area contributed by atoms with E-state index in [2.05, 4.69) is 37.1 Å². The molecule has 0 spiro atoms. The summed E-state index contributed by atoms with van der Waals surface area (Å²) in [6, 6.07) is 4.10. The summed E-state index contributed by atoms with van der Waals surface area (Å²) in [4.78, 5) is 4.44. The molecular formula is C14H24N2OS. The number of thioether (sulfide) groups is 1. The van der Waals surface area contributed by atoms with Crippen LogP contribution in [0.4, 0.5) is 0 Å². The summed E-state index contributed by atoms with van der Waals surface area (Å²) in [5.41, 5.74) is 1.24. The highest BCUT2D eigenvalue weighted by Gasteiger charge is 2.09. The predicted octanol–water partition coefficient (Wildman–Crippen LogP) is 2.69. The minimum Gasteiger partial charge on any atom is -0.396 e. The molecule has 1 atom stereocenters. The first kappa shape index (κ1) is 15.5. The molecule has 0 bridgehead atoms. The number of aliphatic hydroxyl groups is 1. The van der Waals surface area contributed by atoms with Crippen molar-refractivity contribution >= 4 is 11.8 Å². The Morgan fingerprint density at radius 2 is 2.17 bits per heavy atom. The largest absolute Gasteiger partial charge is 0.396 e. The van der Waals surface area contributed by atoms with Gasteiger partial charge < -0.3 is 10.4 Å². The van der Waals surface area contributed by atoms with Crippen LogP contribution < -0.4 is 5.32 Å². The molecule has 0 aliphatic rings. The molecule has 0 aromatic carbocycles. The molecule has 1 rings (SSSR count). The number of pyridine rings is 1. The Morgan fingerprint density at radius 1 is 1.39 bits per heavy atom. The Morgan fingerprint density at radius 3 is 2.83 bits per heavy atom. The van der Waals surface area contributed by atoms with E-state index in [0.29, 0.717) is 11.2 Å². The van der Waals surface area contributed by atoms with Crippen molar-refractivity contribution in [3.8, 4) is 0 Å². The van der Waals surface area contributed by atoms with Crippen molar-refractivity contribution in [1.29, 1.82) is 0 Å². The van der Waals surface area contributed by atoms with Gasteiger partial charge in [0, 0.05) is 24.6 Å². The summed E-state index contributed by atoms with van der Waals surface area (Å²) in [5.74, 6) is 0.658. The molecule has 0 aliphatic heterocycles. The molecule has 0 amide bonds. The Labute approximate surface area is 114 Å². The van der Waals surface area contributed by atoms with Crippen LogP contribution in [0.15, 0.2) is 23.4 Å². The lowest BCUT2D eigenvalue weighted by molar-refractivity contribution is 0.289. The van der Waals surface area contributed by atoms with Crippen LogP contribution >= 0.6 is 11.8 Å². The fraction of sp³-hybridized carbons (Fsp3) is 0.643. The van der Waals surface area contributed by atoms with Crippen molar-refractivity contribution in [3.63, 3.8) is 0 Å². The zero-order valence-corrected chi connectivity index (χ0v) is 12.3. The Bertz CT molecular complexity index is 344. The highest BCUT2D eigenvalue weighted by Crippen LogP contribution is 2.26. The van der Waals surface area contributed by atoms with Crippen LogP contribution in [0, 0.1) is 5.92 Å². The summed E-state index contributed by atoms with van der Waals surface area (Å²) in [6.07, 6.45) is 2.64. The number of nitrogens with zero attached hydrogens (tertiary/aromatic N) is 1. The Balaban J connectivity index is 2.56. The lowest BCUT2D eigenvalue weighted by Crippen LogP contribution is -2.19. The molecular weight excluding hydrogens is 244 g/mol. The molecule has 18 heavy (non-hydrogen) atoms. The maximum Gasteiger partial charge on any atom is 0.101 e. The molecule has 4 heteroatoms. The first-order valence-electron chi connectivity index (χ1n) is 6.55. The number of aliphatic hydroxyl groups excluding tert-OH is 1. The third-order valence-corrected chi connectivity index (χ3v) is 3.80. The third kappa shape index (κ3) is 5.85. The lowest BCUT2D eigenvalue weighted by atomic mass is 10.2. The lowest BCUT2D eigenvalue weighted by Gasteiger charge is -2.13. The molecule has 0 saturated heterocycles. The normalized spacial score (nSPS) is 12.9. The first-order chi connectivity index (χ1) is 8.63. The van der Waals surface area contributed by atoms with Gasteiger partial charge in [-0.1, -0.05) is 26.8 Å². The maximum absolute atomic E-state index is 8.94. The van der Waals surface area contributed by atoms with Crippen molar-refractivity contribution in [2.75, 3.05) is 13.2 Å². The van der Waals surface area contributed by atoms with E-state index in [1.54, 1.807) is 11.8 Å². The van der Waals surface area contributed by atoms with Crippen LogP contribution in [0.3, 0.4) is 0 Å². The van der Waals surface area contributed by atoms with E-state index in [9.17, 15) is 0 Å². The van der Waals surface area contributed by atoms with E-state index in [0.717, 1.165) is 24.5 Å². The van der Waals surface area contributed by atoms with Crippen LogP contribution in [0.25, 0.3) is 0 Å². The highest BCUT2D eigenvalue weighted by atomic mass is 32.2. The summed E-state index contributed by atoms with van der Waals surface area (Å²) in [5, 5.41) is 13.9. The quantitative estimate of drug-likeness (QED) is 0.712. The topological polar surface area (TPSA) is 45.2 Å². The molecule has 0 fully saturated rings. The van der Waals surface area contributed by atoms with Gasteiger partial charge in [0.2, 0.25) is 0 Å². The van der Waals surface area contributed by atoms with Crippen molar-refractivity contribution in [1.82, 2.24) is 10.3 Å². The van der Waals surface area contributed by atoms with E-state index in [1.807, 2.05) is 12.3 Å². The molecule has 102 valence electrons. The van der Waals surface area contributed by atoms with Crippen LogP contribution in [-0.4, -0.2) is 28.5 Å². The average Bonchev–Trinajstić information content (AvgIpc) is 2.31. The molecule has 0 radical (unpaired) electrons. The maximum atomic E-state index is 8.94. The minimum atomic E-state index is 0.238. The second kappa shape index (κ2) is 8.51. The van der Waals surface area contributed by atoms with E-state index in [4.69, 9.17) is 5.11 Å². The zero-order chi connectivity index (χ0) is 13.4. The molecule has 1 aromatic rings. The van der Waals surface area contributed by atoms with Crippen LogP contribution in [0.2, 0.25) is 0 Å². The molecule has 1 unspecified atom stereocenters. The van der Waals surface area contributed by atoms with Gasteiger partial charge in [-0.25, -0.2) is 4.98 Å². The summed E-state index contributed by atoms with van der Waals surface area (Å²) >= 11 is 1.74. The number of hydrogen-bond acceptors (Lipinski definition) is 4. The molecule has 0 saturated carbocycles. The van der Waals surface area contributed by atoms with Crippen molar-refractivity contribution in [2.24, 2.45) is 5.92 Å². The van der Waals surface area contributed by atoms with Crippen LogP contribution in [-0.2, 0) is 6.54 Å². The highest BCUT2D eigenvalue weighted by molar-refractivity contribution is 7.99. The second-order valence-electron chi connectivity index (χ2n) is 4.93. The van der Waals surface area contributed by atoms with E-state index >= 15 is 0 Å². The van der Waals surface area contributed by atoms with Gasteiger partial charge in [0.1, 0.15) is 5.03 Å². The fourth-order valence-corrected chi connectivity index (χ4v) is 2.61.